The number of carbonyl (C=O) groups excluding carboxylic acids is 1. The van der Waals surface area contributed by atoms with Crippen molar-refractivity contribution in [2.45, 2.75) is 32.9 Å². The topological polar surface area (TPSA) is 101 Å². The van der Waals surface area contributed by atoms with Crippen LogP contribution in [0.1, 0.15) is 26.8 Å². The Morgan fingerprint density at radius 1 is 1.22 bits per heavy atom. The third-order valence-corrected chi connectivity index (χ3v) is 3.62. The summed E-state index contributed by atoms with van der Waals surface area (Å²) in [5.74, 6) is -1.87. The standard InChI is InChI=1S/C16H19N3O4/c1-9(2)13(14(20)18-10(3)16(22)23)19-8-17-12-7-5-4-6-11(12)15(19)21/h4-10,13H,1-3H3,(H,18,20)(H,22,23). The van der Waals surface area contributed by atoms with Crippen LogP contribution in [0.2, 0.25) is 0 Å². The van der Waals surface area contributed by atoms with Crippen LogP contribution in [0.5, 0.6) is 0 Å². The van der Waals surface area contributed by atoms with Gasteiger partial charge in [0.05, 0.1) is 17.2 Å². The first-order chi connectivity index (χ1) is 10.8. The number of aromatic nitrogens is 2. The molecule has 0 aliphatic carbocycles. The number of nitrogens with one attached hydrogen (secondary N) is 1. The summed E-state index contributed by atoms with van der Waals surface area (Å²) >= 11 is 0. The van der Waals surface area contributed by atoms with Gasteiger partial charge in [-0.3, -0.25) is 19.0 Å². The summed E-state index contributed by atoms with van der Waals surface area (Å²) in [6.07, 6.45) is 1.33. The summed E-state index contributed by atoms with van der Waals surface area (Å²) in [4.78, 5) is 40.2. The molecule has 7 heteroatoms. The maximum absolute atomic E-state index is 12.6. The van der Waals surface area contributed by atoms with Gasteiger partial charge in [-0.2, -0.15) is 0 Å². The molecule has 1 amide bonds. The van der Waals surface area contributed by atoms with E-state index in [1.807, 2.05) is 0 Å². The van der Waals surface area contributed by atoms with E-state index in [0.29, 0.717) is 10.9 Å². The second-order valence-corrected chi connectivity index (χ2v) is 5.73. The molecule has 2 unspecified atom stereocenters. The Kier molecular flexibility index (Phi) is 4.78. The zero-order valence-corrected chi connectivity index (χ0v) is 13.2. The largest absolute Gasteiger partial charge is 0.480 e. The van der Waals surface area contributed by atoms with Gasteiger partial charge in [0.1, 0.15) is 12.1 Å². The summed E-state index contributed by atoms with van der Waals surface area (Å²) in [6, 6.07) is 5.01. The van der Waals surface area contributed by atoms with Crippen molar-refractivity contribution in [2.24, 2.45) is 5.92 Å². The molecule has 0 spiro atoms. The lowest BCUT2D eigenvalue weighted by atomic mass is 10.0. The van der Waals surface area contributed by atoms with E-state index in [1.54, 1.807) is 38.1 Å². The number of carboxylic acids is 1. The number of fused-ring (bicyclic) bond motifs is 1. The van der Waals surface area contributed by atoms with Crippen molar-refractivity contribution in [1.29, 1.82) is 0 Å². The molecule has 0 saturated carbocycles. The van der Waals surface area contributed by atoms with Gasteiger partial charge in [-0.05, 0) is 25.0 Å². The van der Waals surface area contributed by atoms with E-state index in [-0.39, 0.29) is 11.5 Å². The second-order valence-electron chi connectivity index (χ2n) is 5.73. The number of hydrogen-bond donors (Lipinski definition) is 2. The molecular formula is C16H19N3O4. The van der Waals surface area contributed by atoms with E-state index in [1.165, 1.54) is 17.8 Å². The first-order valence-electron chi connectivity index (χ1n) is 7.32. The molecule has 23 heavy (non-hydrogen) atoms. The number of amides is 1. The van der Waals surface area contributed by atoms with E-state index in [2.05, 4.69) is 10.3 Å². The Hall–Kier alpha value is -2.70. The molecule has 2 aromatic rings. The van der Waals surface area contributed by atoms with Crippen molar-refractivity contribution in [3.05, 3.63) is 40.9 Å². The van der Waals surface area contributed by atoms with Gasteiger partial charge in [-0.15, -0.1) is 0 Å². The summed E-state index contributed by atoms with van der Waals surface area (Å²) < 4.78 is 1.26. The van der Waals surface area contributed by atoms with Crippen LogP contribution >= 0.6 is 0 Å². The number of rotatable bonds is 5. The van der Waals surface area contributed by atoms with Crippen molar-refractivity contribution in [2.75, 3.05) is 0 Å². The molecular weight excluding hydrogens is 298 g/mol. The zero-order chi connectivity index (χ0) is 17.1. The first-order valence-corrected chi connectivity index (χ1v) is 7.32. The van der Waals surface area contributed by atoms with Crippen molar-refractivity contribution in [1.82, 2.24) is 14.9 Å². The molecule has 0 fully saturated rings. The number of benzene rings is 1. The van der Waals surface area contributed by atoms with Gasteiger partial charge in [0, 0.05) is 0 Å². The number of hydrogen-bond acceptors (Lipinski definition) is 4. The number of carbonyl (C=O) groups is 2. The van der Waals surface area contributed by atoms with Crippen LogP contribution in [0, 0.1) is 5.92 Å². The molecule has 7 nitrogen and oxygen atoms in total. The van der Waals surface area contributed by atoms with Gasteiger partial charge in [-0.25, -0.2) is 4.98 Å². The number of carboxylic acid groups (broad SMARTS) is 1. The maximum atomic E-state index is 12.6. The normalized spacial score (nSPS) is 13.7. The molecule has 122 valence electrons. The van der Waals surface area contributed by atoms with Crippen LogP contribution in [0.25, 0.3) is 10.9 Å². The molecule has 2 atom stereocenters. The quantitative estimate of drug-likeness (QED) is 0.862. The van der Waals surface area contributed by atoms with E-state index in [4.69, 9.17) is 5.11 Å². The highest BCUT2D eigenvalue weighted by molar-refractivity contribution is 5.86. The second kappa shape index (κ2) is 6.60. The molecule has 0 saturated heterocycles. The fourth-order valence-electron chi connectivity index (χ4n) is 2.39. The minimum absolute atomic E-state index is 0.211. The van der Waals surface area contributed by atoms with Crippen molar-refractivity contribution < 1.29 is 14.7 Å². The van der Waals surface area contributed by atoms with Gasteiger partial charge in [0.2, 0.25) is 5.91 Å². The maximum Gasteiger partial charge on any atom is 0.325 e. The lowest BCUT2D eigenvalue weighted by molar-refractivity contribution is -0.142. The van der Waals surface area contributed by atoms with Gasteiger partial charge in [-0.1, -0.05) is 26.0 Å². The SMILES string of the molecule is CC(NC(=O)C(C(C)C)n1cnc2ccccc2c1=O)C(=O)O. The average molecular weight is 317 g/mol. The summed E-state index contributed by atoms with van der Waals surface area (Å²) in [5.41, 5.74) is 0.225. The summed E-state index contributed by atoms with van der Waals surface area (Å²) in [7, 11) is 0. The molecule has 1 aromatic heterocycles. The fourth-order valence-corrected chi connectivity index (χ4v) is 2.39. The molecule has 0 bridgehead atoms. The summed E-state index contributed by atoms with van der Waals surface area (Å²) in [5, 5.41) is 11.7. The lowest BCUT2D eigenvalue weighted by Gasteiger charge is -2.23. The molecule has 0 aliphatic rings. The molecule has 2 N–H and O–H groups in total. The fraction of sp³-hybridized carbons (Fsp3) is 0.375. The highest BCUT2D eigenvalue weighted by atomic mass is 16.4. The number of nitrogens with zero attached hydrogens (tertiary/aromatic N) is 2. The Bertz CT molecular complexity index is 797. The minimum Gasteiger partial charge on any atom is -0.480 e. The van der Waals surface area contributed by atoms with Crippen LogP contribution in [0.3, 0.4) is 0 Å². The monoisotopic (exact) mass is 317 g/mol. The van der Waals surface area contributed by atoms with Crippen molar-refractivity contribution in [3.63, 3.8) is 0 Å². The van der Waals surface area contributed by atoms with Crippen molar-refractivity contribution in [3.8, 4) is 0 Å². The Morgan fingerprint density at radius 2 is 1.87 bits per heavy atom. The van der Waals surface area contributed by atoms with Crippen LogP contribution in [-0.2, 0) is 9.59 Å². The predicted octanol–water partition coefficient (Wildman–Crippen LogP) is 1.18. The Morgan fingerprint density at radius 3 is 2.48 bits per heavy atom. The summed E-state index contributed by atoms with van der Waals surface area (Å²) in [6.45, 7) is 4.95. The van der Waals surface area contributed by atoms with Gasteiger partial charge in [0.15, 0.2) is 0 Å². The van der Waals surface area contributed by atoms with Crippen LogP contribution in [-0.4, -0.2) is 32.6 Å². The third kappa shape index (κ3) is 3.39. The highest BCUT2D eigenvalue weighted by Gasteiger charge is 2.28. The van der Waals surface area contributed by atoms with Gasteiger partial charge in [0.25, 0.3) is 5.56 Å². The van der Waals surface area contributed by atoms with E-state index in [0.717, 1.165) is 0 Å². The van der Waals surface area contributed by atoms with E-state index in [9.17, 15) is 14.4 Å². The number of aliphatic carboxylic acids is 1. The first kappa shape index (κ1) is 16.7. The van der Waals surface area contributed by atoms with E-state index < -0.39 is 24.0 Å². The Labute approximate surface area is 133 Å². The molecule has 1 aromatic carbocycles. The van der Waals surface area contributed by atoms with Gasteiger partial charge < -0.3 is 10.4 Å². The molecule has 0 radical (unpaired) electrons. The molecule has 1 heterocycles. The lowest BCUT2D eigenvalue weighted by Crippen LogP contribution is -2.45. The smallest absolute Gasteiger partial charge is 0.325 e. The molecule has 0 aliphatic heterocycles. The zero-order valence-electron chi connectivity index (χ0n) is 13.2. The highest BCUT2D eigenvalue weighted by Crippen LogP contribution is 2.17. The van der Waals surface area contributed by atoms with Crippen LogP contribution in [0.4, 0.5) is 0 Å². The Balaban J connectivity index is 2.46. The predicted molar refractivity (Wildman–Crippen MR) is 85.1 cm³/mol. The van der Waals surface area contributed by atoms with E-state index >= 15 is 0 Å². The van der Waals surface area contributed by atoms with Crippen LogP contribution < -0.4 is 10.9 Å². The van der Waals surface area contributed by atoms with Gasteiger partial charge >= 0.3 is 5.97 Å². The number of para-hydroxylation sites is 1. The average Bonchev–Trinajstić information content (AvgIpc) is 2.49. The van der Waals surface area contributed by atoms with Crippen molar-refractivity contribution >= 4 is 22.8 Å². The molecule has 2 rings (SSSR count). The van der Waals surface area contributed by atoms with Crippen LogP contribution in [0.15, 0.2) is 35.4 Å². The minimum atomic E-state index is -1.13. The third-order valence-electron chi connectivity index (χ3n) is 3.62.